The number of anilines is 1. The normalized spacial score (nSPS) is 23.2. The number of amides is 4. The van der Waals surface area contributed by atoms with Crippen LogP contribution < -0.4 is 10.2 Å². The minimum absolute atomic E-state index is 0.235. The third kappa shape index (κ3) is 4.47. The molecular weight excluding hydrogens is 344 g/mol. The first kappa shape index (κ1) is 19.4. The number of rotatable bonds is 4. The highest BCUT2D eigenvalue weighted by molar-refractivity contribution is 6.06. The number of hydrogen-bond donors (Lipinski definition) is 1. The number of carbonyl (C=O) groups excluding carboxylic acids is 3. The molecule has 0 bridgehead atoms. The average molecular weight is 372 g/mol. The molecule has 2 aliphatic heterocycles. The lowest BCUT2D eigenvalue weighted by atomic mass is 10.0. The number of nitrogens with one attached hydrogen (secondary N) is 1. The molecular formula is C20H28N4O3. The Hall–Kier alpha value is -2.41. The number of carbonyl (C=O) groups is 3. The fourth-order valence-corrected chi connectivity index (χ4v) is 3.76. The molecule has 146 valence electrons. The molecule has 7 nitrogen and oxygen atoms in total. The molecule has 2 atom stereocenters. The predicted octanol–water partition coefficient (Wildman–Crippen LogP) is 1.82. The molecule has 7 heteroatoms. The van der Waals surface area contributed by atoms with Gasteiger partial charge in [0.25, 0.3) is 0 Å². The number of nitrogens with zero attached hydrogens (tertiary/aromatic N) is 3. The predicted molar refractivity (Wildman–Crippen MR) is 103 cm³/mol. The van der Waals surface area contributed by atoms with E-state index in [9.17, 15) is 14.4 Å². The van der Waals surface area contributed by atoms with E-state index in [0.717, 1.165) is 25.6 Å². The van der Waals surface area contributed by atoms with E-state index in [2.05, 4.69) is 17.1 Å². The van der Waals surface area contributed by atoms with Crippen LogP contribution >= 0.6 is 0 Å². The monoisotopic (exact) mass is 372 g/mol. The maximum atomic E-state index is 12.7. The zero-order valence-corrected chi connectivity index (χ0v) is 16.3. The maximum absolute atomic E-state index is 12.7. The lowest BCUT2D eigenvalue weighted by Gasteiger charge is -2.34. The van der Waals surface area contributed by atoms with Crippen molar-refractivity contribution in [2.45, 2.75) is 38.8 Å². The standard InChI is InChI=1S/C20H28N4O3/c1-14-10-11-23(12-14)13-15-4-6-16(7-5-15)24(20(27)22(2)3)17-8-9-18(25)21-19(17)26/h4-7,14,17H,8-13H2,1-3H3,(H,21,25,26). The van der Waals surface area contributed by atoms with Gasteiger partial charge >= 0.3 is 6.03 Å². The molecule has 2 aliphatic rings. The number of likely N-dealkylation sites (tertiary alicyclic amines) is 1. The summed E-state index contributed by atoms with van der Waals surface area (Å²) in [5.74, 6) is 0.0327. The molecule has 27 heavy (non-hydrogen) atoms. The topological polar surface area (TPSA) is 73.0 Å². The second-order valence-corrected chi connectivity index (χ2v) is 7.81. The van der Waals surface area contributed by atoms with Gasteiger partial charge in [0.2, 0.25) is 11.8 Å². The van der Waals surface area contributed by atoms with Crippen LogP contribution in [0.3, 0.4) is 0 Å². The van der Waals surface area contributed by atoms with Gasteiger partial charge < -0.3 is 4.90 Å². The number of urea groups is 1. The van der Waals surface area contributed by atoms with E-state index in [1.807, 2.05) is 24.3 Å². The summed E-state index contributed by atoms with van der Waals surface area (Å²) in [7, 11) is 3.31. The van der Waals surface area contributed by atoms with Gasteiger partial charge in [0.15, 0.2) is 0 Å². The van der Waals surface area contributed by atoms with Crippen LogP contribution in [0.5, 0.6) is 0 Å². The van der Waals surface area contributed by atoms with Crippen molar-refractivity contribution in [2.24, 2.45) is 5.92 Å². The smallest absolute Gasteiger partial charge is 0.324 e. The van der Waals surface area contributed by atoms with Crippen LogP contribution in [-0.4, -0.2) is 60.9 Å². The van der Waals surface area contributed by atoms with Crippen molar-refractivity contribution in [3.8, 4) is 0 Å². The summed E-state index contributed by atoms with van der Waals surface area (Å²) in [6.07, 6.45) is 1.80. The van der Waals surface area contributed by atoms with Crippen molar-refractivity contribution < 1.29 is 14.4 Å². The maximum Gasteiger partial charge on any atom is 0.324 e. The van der Waals surface area contributed by atoms with Crippen LogP contribution in [0.2, 0.25) is 0 Å². The van der Waals surface area contributed by atoms with Crippen LogP contribution in [0.25, 0.3) is 0 Å². The highest BCUT2D eigenvalue weighted by atomic mass is 16.2. The summed E-state index contributed by atoms with van der Waals surface area (Å²) in [6.45, 7) is 5.39. The zero-order valence-electron chi connectivity index (χ0n) is 16.3. The Kier molecular flexibility index (Phi) is 5.79. The number of benzene rings is 1. The van der Waals surface area contributed by atoms with Gasteiger partial charge in [-0.25, -0.2) is 4.79 Å². The van der Waals surface area contributed by atoms with E-state index < -0.39 is 11.9 Å². The molecule has 2 unspecified atom stereocenters. The lowest BCUT2D eigenvalue weighted by molar-refractivity contribution is -0.134. The highest BCUT2D eigenvalue weighted by Gasteiger charge is 2.36. The van der Waals surface area contributed by atoms with E-state index in [-0.39, 0.29) is 18.4 Å². The summed E-state index contributed by atoms with van der Waals surface area (Å²) in [5, 5.41) is 2.34. The molecule has 1 aromatic rings. The van der Waals surface area contributed by atoms with Crippen molar-refractivity contribution >= 4 is 23.5 Å². The molecule has 1 aromatic carbocycles. The fraction of sp³-hybridized carbons (Fsp3) is 0.550. The summed E-state index contributed by atoms with van der Waals surface area (Å²) in [4.78, 5) is 41.9. The summed E-state index contributed by atoms with van der Waals surface area (Å²) in [5.41, 5.74) is 1.86. The van der Waals surface area contributed by atoms with Gasteiger partial charge in [-0.15, -0.1) is 0 Å². The van der Waals surface area contributed by atoms with Crippen molar-refractivity contribution in [1.29, 1.82) is 0 Å². The van der Waals surface area contributed by atoms with Gasteiger partial charge in [-0.1, -0.05) is 19.1 Å². The molecule has 2 fully saturated rings. The number of hydrogen-bond acceptors (Lipinski definition) is 4. The second kappa shape index (κ2) is 8.08. The summed E-state index contributed by atoms with van der Waals surface area (Å²) >= 11 is 0. The Morgan fingerprint density at radius 2 is 1.89 bits per heavy atom. The van der Waals surface area contributed by atoms with Gasteiger partial charge in [-0.3, -0.25) is 24.7 Å². The lowest BCUT2D eigenvalue weighted by Crippen LogP contribution is -2.56. The molecule has 4 amide bonds. The Bertz CT molecular complexity index is 716. The summed E-state index contributed by atoms with van der Waals surface area (Å²) in [6, 6.07) is 6.86. The van der Waals surface area contributed by atoms with Gasteiger partial charge in [-0.05, 0) is 43.0 Å². The van der Waals surface area contributed by atoms with E-state index in [1.54, 1.807) is 14.1 Å². The Morgan fingerprint density at radius 3 is 2.44 bits per heavy atom. The van der Waals surface area contributed by atoms with Crippen molar-refractivity contribution in [1.82, 2.24) is 15.1 Å². The Labute approximate surface area is 160 Å². The van der Waals surface area contributed by atoms with E-state index in [1.165, 1.54) is 21.8 Å². The molecule has 2 heterocycles. The van der Waals surface area contributed by atoms with Crippen LogP contribution in [0.4, 0.5) is 10.5 Å². The molecule has 1 N–H and O–H groups in total. The van der Waals surface area contributed by atoms with Crippen molar-refractivity contribution in [3.05, 3.63) is 29.8 Å². The van der Waals surface area contributed by atoms with E-state index in [0.29, 0.717) is 12.1 Å². The molecule has 0 radical (unpaired) electrons. The van der Waals surface area contributed by atoms with Gasteiger partial charge in [0.1, 0.15) is 6.04 Å². The van der Waals surface area contributed by atoms with E-state index >= 15 is 0 Å². The third-order valence-corrected chi connectivity index (χ3v) is 5.24. The average Bonchev–Trinajstić information content (AvgIpc) is 3.03. The van der Waals surface area contributed by atoms with Gasteiger partial charge in [0.05, 0.1) is 0 Å². The SMILES string of the molecule is CC1CCN(Cc2ccc(N(C(=O)N(C)C)C3CCC(=O)NC3=O)cc2)C1. The first-order chi connectivity index (χ1) is 12.8. The Morgan fingerprint density at radius 1 is 1.19 bits per heavy atom. The molecule has 0 spiro atoms. The first-order valence-corrected chi connectivity index (χ1v) is 9.50. The molecule has 0 aromatic heterocycles. The van der Waals surface area contributed by atoms with Crippen molar-refractivity contribution in [2.75, 3.05) is 32.1 Å². The number of imide groups is 1. The largest absolute Gasteiger partial charge is 0.330 e. The van der Waals surface area contributed by atoms with E-state index in [4.69, 9.17) is 0 Å². The van der Waals surface area contributed by atoms with Gasteiger partial charge in [0, 0.05) is 39.3 Å². The quantitative estimate of drug-likeness (QED) is 0.819. The van der Waals surface area contributed by atoms with Crippen LogP contribution in [-0.2, 0) is 16.1 Å². The summed E-state index contributed by atoms with van der Waals surface area (Å²) < 4.78 is 0. The molecule has 2 saturated heterocycles. The van der Waals surface area contributed by atoms with Crippen LogP contribution in [0.1, 0.15) is 31.7 Å². The molecule has 0 aliphatic carbocycles. The zero-order chi connectivity index (χ0) is 19.6. The fourth-order valence-electron chi connectivity index (χ4n) is 3.76. The Balaban J connectivity index is 1.78. The molecule has 0 saturated carbocycles. The van der Waals surface area contributed by atoms with Crippen molar-refractivity contribution in [3.63, 3.8) is 0 Å². The van der Waals surface area contributed by atoms with Crippen LogP contribution in [0.15, 0.2) is 24.3 Å². The second-order valence-electron chi connectivity index (χ2n) is 7.81. The minimum atomic E-state index is -0.678. The van der Waals surface area contributed by atoms with Crippen LogP contribution in [0, 0.1) is 5.92 Å². The highest BCUT2D eigenvalue weighted by Crippen LogP contribution is 2.25. The minimum Gasteiger partial charge on any atom is -0.330 e. The van der Waals surface area contributed by atoms with Gasteiger partial charge in [-0.2, -0.15) is 0 Å². The first-order valence-electron chi connectivity index (χ1n) is 9.50. The third-order valence-electron chi connectivity index (χ3n) is 5.24. The number of piperidine rings is 1. The molecule has 3 rings (SSSR count).